The highest BCUT2D eigenvalue weighted by Crippen LogP contribution is 2.18. The number of amides is 1. The standard InChI is InChI=1S/C11H22N2OS/c1-9(2)10(3)15-8-11(14)13-6-4-12-5-7-13/h9-10,12H,4-8H2,1-3H3. The quantitative estimate of drug-likeness (QED) is 0.787. The van der Waals surface area contributed by atoms with Crippen molar-refractivity contribution < 1.29 is 4.79 Å². The maximum Gasteiger partial charge on any atom is 0.232 e. The molecular formula is C11H22N2OS. The van der Waals surface area contributed by atoms with Crippen molar-refractivity contribution in [1.29, 1.82) is 0 Å². The predicted octanol–water partition coefficient (Wildman–Crippen LogP) is 1.20. The first-order chi connectivity index (χ1) is 7.11. The van der Waals surface area contributed by atoms with Crippen LogP contribution < -0.4 is 5.32 Å². The van der Waals surface area contributed by atoms with Crippen LogP contribution in [0.25, 0.3) is 0 Å². The van der Waals surface area contributed by atoms with Gasteiger partial charge in [-0.3, -0.25) is 4.79 Å². The number of hydrogen-bond acceptors (Lipinski definition) is 3. The van der Waals surface area contributed by atoms with Gasteiger partial charge in [-0.05, 0) is 5.92 Å². The minimum absolute atomic E-state index is 0.300. The van der Waals surface area contributed by atoms with Crippen molar-refractivity contribution in [3.05, 3.63) is 0 Å². The van der Waals surface area contributed by atoms with Crippen LogP contribution in [-0.2, 0) is 4.79 Å². The van der Waals surface area contributed by atoms with Gasteiger partial charge in [0.25, 0.3) is 0 Å². The molecule has 1 N–H and O–H groups in total. The number of piperazine rings is 1. The summed E-state index contributed by atoms with van der Waals surface area (Å²) in [4.78, 5) is 13.8. The lowest BCUT2D eigenvalue weighted by atomic mass is 10.2. The van der Waals surface area contributed by atoms with E-state index in [4.69, 9.17) is 0 Å². The minimum atomic E-state index is 0.300. The second-order valence-electron chi connectivity index (χ2n) is 4.39. The first-order valence-corrected chi connectivity index (χ1v) is 6.76. The Balaban J connectivity index is 2.22. The van der Waals surface area contributed by atoms with Crippen LogP contribution in [0.3, 0.4) is 0 Å². The van der Waals surface area contributed by atoms with Gasteiger partial charge in [0.2, 0.25) is 5.91 Å². The van der Waals surface area contributed by atoms with Crippen LogP contribution in [0.1, 0.15) is 20.8 Å². The summed E-state index contributed by atoms with van der Waals surface area (Å²) in [5, 5.41) is 3.82. The van der Waals surface area contributed by atoms with E-state index >= 15 is 0 Å². The highest BCUT2D eigenvalue weighted by atomic mass is 32.2. The molecule has 0 spiro atoms. The van der Waals surface area contributed by atoms with Gasteiger partial charge < -0.3 is 10.2 Å². The lowest BCUT2D eigenvalue weighted by molar-refractivity contribution is -0.128. The van der Waals surface area contributed by atoms with Gasteiger partial charge in [0.05, 0.1) is 5.75 Å². The second-order valence-corrected chi connectivity index (χ2v) is 5.76. The van der Waals surface area contributed by atoms with Crippen molar-refractivity contribution in [2.24, 2.45) is 5.92 Å². The Labute approximate surface area is 97.0 Å². The molecule has 0 radical (unpaired) electrons. The number of carbonyl (C=O) groups excluding carboxylic acids is 1. The summed E-state index contributed by atoms with van der Waals surface area (Å²) in [5.41, 5.74) is 0. The van der Waals surface area contributed by atoms with Crippen LogP contribution >= 0.6 is 11.8 Å². The van der Waals surface area contributed by atoms with Gasteiger partial charge in [0.1, 0.15) is 0 Å². The van der Waals surface area contributed by atoms with Gasteiger partial charge in [-0.1, -0.05) is 20.8 Å². The average Bonchev–Trinajstić information content (AvgIpc) is 2.26. The fourth-order valence-corrected chi connectivity index (χ4v) is 2.37. The van der Waals surface area contributed by atoms with Crippen LogP contribution in [0.2, 0.25) is 0 Å². The molecule has 1 saturated heterocycles. The summed E-state index contributed by atoms with van der Waals surface area (Å²) in [6.45, 7) is 10.2. The fourth-order valence-electron chi connectivity index (χ4n) is 1.40. The summed E-state index contributed by atoms with van der Waals surface area (Å²) < 4.78 is 0. The van der Waals surface area contributed by atoms with E-state index < -0.39 is 0 Å². The monoisotopic (exact) mass is 230 g/mol. The molecular weight excluding hydrogens is 208 g/mol. The first kappa shape index (κ1) is 12.8. The van der Waals surface area contributed by atoms with Gasteiger partial charge in [0, 0.05) is 31.4 Å². The lowest BCUT2D eigenvalue weighted by Crippen LogP contribution is -2.47. The Morgan fingerprint density at radius 2 is 1.93 bits per heavy atom. The molecule has 3 nitrogen and oxygen atoms in total. The molecule has 0 aromatic heterocycles. The number of hydrogen-bond donors (Lipinski definition) is 1. The number of nitrogens with one attached hydrogen (secondary N) is 1. The molecule has 88 valence electrons. The number of nitrogens with zero attached hydrogens (tertiary/aromatic N) is 1. The van der Waals surface area contributed by atoms with E-state index in [9.17, 15) is 4.79 Å². The Hall–Kier alpha value is -0.220. The molecule has 1 amide bonds. The molecule has 1 rings (SSSR count). The highest BCUT2D eigenvalue weighted by Gasteiger charge is 2.17. The molecule has 0 aromatic rings. The minimum Gasteiger partial charge on any atom is -0.339 e. The fraction of sp³-hybridized carbons (Fsp3) is 0.909. The zero-order chi connectivity index (χ0) is 11.3. The summed E-state index contributed by atoms with van der Waals surface area (Å²) in [6, 6.07) is 0. The van der Waals surface area contributed by atoms with E-state index in [2.05, 4.69) is 26.1 Å². The second kappa shape index (κ2) is 6.38. The van der Waals surface area contributed by atoms with Crippen LogP contribution in [0.4, 0.5) is 0 Å². The SMILES string of the molecule is CC(C)C(C)SCC(=O)N1CCNCC1. The van der Waals surface area contributed by atoms with Crippen LogP contribution in [-0.4, -0.2) is 48.0 Å². The molecule has 1 unspecified atom stereocenters. The topological polar surface area (TPSA) is 32.3 Å². The van der Waals surface area contributed by atoms with E-state index in [0.717, 1.165) is 26.2 Å². The Morgan fingerprint density at radius 1 is 1.33 bits per heavy atom. The molecule has 4 heteroatoms. The van der Waals surface area contributed by atoms with E-state index in [1.165, 1.54) is 0 Å². The van der Waals surface area contributed by atoms with E-state index in [1.807, 2.05) is 4.90 Å². The number of thioether (sulfide) groups is 1. The zero-order valence-electron chi connectivity index (χ0n) is 9.95. The van der Waals surface area contributed by atoms with Crippen molar-refractivity contribution in [3.8, 4) is 0 Å². The Kier molecular flexibility index (Phi) is 5.47. The molecule has 1 aliphatic heterocycles. The van der Waals surface area contributed by atoms with Gasteiger partial charge >= 0.3 is 0 Å². The molecule has 1 atom stereocenters. The number of carbonyl (C=O) groups is 1. The third-order valence-electron chi connectivity index (χ3n) is 2.88. The Morgan fingerprint density at radius 3 is 2.47 bits per heavy atom. The molecule has 1 aliphatic rings. The normalized spacial score (nSPS) is 19.3. The smallest absolute Gasteiger partial charge is 0.232 e. The van der Waals surface area contributed by atoms with Gasteiger partial charge in [-0.15, -0.1) is 11.8 Å². The average molecular weight is 230 g/mol. The molecule has 15 heavy (non-hydrogen) atoms. The maximum atomic E-state index is 11.8. The van der Waals surface area contributed by atoms with E-state index in [1.54, 1.807) is 11.8 Å². The van der Waals surface area contributed by atoms with Gasteiger partial charge in [-0.2, -0.15) is 0 Å². The van der Waals surface area contributed by atoms with E-state index in [-0.39, 0.29) is 0 Å². The third kappa shape index (κ3) is 4.43. The summed E-state index contributed by atoms with van der Waals surface area (Å²) >= 11 is 1.77. The molecule has 1 heterocycles. The van der Waals surface area contributed by atoms with Crippen LogP contribution in [0, 0.1) is 5.92 Å². The summed E-state index contributed by atoms with van der Waals surface area (Å²) in [7, 11) is 0. The molecule has 0 aliphatic carbocycles. The van der Waals surface area contributed by atoms with Crippen molar-refractivity contribution in [2.75, 3.05) is 31.9 Å². The highest BCUT2D eigenvalue weighted by molar-refractivity contribution is 8.00. The molecule has 1 fully saturated rings. The van der Waals surface area contributed by atoms with Gasteiger partial charge in [-0.25, -0.2) is 0 Å². The molecule has 0 aromatic carbocycles. The maximum absolute atomic E-state index is 11.8. The summed E-state index contributed by atoms with van der Waals surface area (Å²) in [6.07, 6.45) is 0. The molecule has 0 saturated carbocycles. The Bertz CT molecular complexity index is 203. The molecule has 0 bridgehead atoms. The van der Waals surface area contributed by atoms with Gasteiger partial charge in [0.15, 0.2) is 0 Å². The largest absolute Gasteiger partial charge is 0.339 e. The number of rotatable bonds is 4. The van der Waals surface area contributed by atoms with E-state index in [0.29, 0.717) is 22.8 Å². The lowest BCUT2D eigenvalue weighted by Gasteiger charge is -2.28. The van der Waals surface area contributed by atoms with Crippen molar-refractivity contribution >= 4 is 17.7 Å². The van der Waals surface area contributed by atoms with Crippen molar-refractivity contribution in [2.45, 2.75) is 26.0 Å². The predicted molar refractivity (Wildman–Crippen MR) is 66.2 cm³/mol. The van der Waals surface area contributed by atoms with Crippen molar-refractivity contribution in [3.63, 3.8) is 0 Å². The zero-order valence-corrected chi connectivity index (χ0v) is 10.8. The van der Waals surface area contributed by atoms with Crippen LogP contribution in [0.15, 0.2) is 0 Å². The first-order valence-electron chi connectivity index (χ1n) is 5.71. The third-order valence-corrected chi connectivity index (χ3v) is 4.36. The summed E-state index contributed by atoms with van der Waals surface area (Å²) in [5.74, 6) is 1.58. The van der Waals surface area contributed by atoms with Crippen molar-refractivity contribution in [1.82, 2.24) is 10.2 Å². The van der Waals surface area contributed by atoms with Crippen LogP contribution in [0.5, 0.6) is 0 Å².